The molecule has 0 heterocycles. The van der Waals surface area contributed by atoms with Crippen LogP contribution in [-0.2, 0) is 9.53 Å². The second-order valence-corrected chi connectivity index (χ2v) is 3.29. The summed E-state index contributed by atoms with van der Waals surface area (Å²) in [6.07, 6.45) is 3.46. The third-order valence-electron chi connectivity index (χ3n) is 2.03. The number of ether oxygens (including phenoxy) is 1. The Bertz CT molecular complexity index is 210. The normalized spacial score (nSPS) is 11.4. The molecule has 0 aliphatic carbocycles. The maximum Gasteiger partial charge on any atom is 0.306 e. The molecule has 0 aliphatic rings. The minimum Gasteiger partial charge on any atom is -0.466 e. The third-order valence-corrected chi connectivity index (χ3v) is 2.03. The second kappa shape index (κ2) is 8.62. The molecule has 0 bridgehead atoms. The van der Waals surface area contributed by atoms with Gasteiger partial charge in [-0.3, -0.25) is 4.79 Å². The van der Waals surface area contributed by atoms with E-state index in [-0.39, 0.29) is 5.97 Å². The molecule has 0 radical (unpaired) electrons. The SMILES string of the molecule is CC#CCC(CCC)CC(=O)OCC. The first-order valence-corrected chi connectivity index (χ1v) is 5.29. The molecule has 14 heavy (non-hydrogen) atoms. The van der Waals surface area contributed by atoms with Crippen molar-refractivity contribution in [1.82, 2.24) is 0 Å². The molecule has 1 atom stereocenters. The minimum absolute atomic E-state index is 0.0937. The highest BCUT2D eigenvalue weighted by molar-refractivity contribution is 5.69. The van der Waals surface area contributed by atoms with Gasteiger partial charge in [-0.1, -0.05) is 13.3 Å². The summed E-state index contributed by atoms with van der Waals surface area (Å²) in [4.78, 5) is 11.2. The van der Waals surface area contributed by atoms with Crippen LogP contribution in [-0.4, -0.2) is 12.6 Å². The number of hydrogen-bond donors (Lipinski definition) is 0. The second-order valence-electron chi connectivity index (χ2n) is 3.29. The monoisotopic (exact) mass is 196 g/mol. The van der Waals surface area contributed by atoms with Crippen LogP contribution in [0, 0.1) is 17.8 Å². The predicted molar refractivity (Wildman–Crippen MR) is 57.7 cm³/mol. The lowest BCUT2D eigenvalue weighted by atomic mass is 9.96. The molecule has 80 valence electrons. The van der Waals surface area contributed by atoms with Crippen molar-refractivity contribution in [3.63, 3.8) is 0 Å². The fourth-order valence-electron chi connectivity index (χ4n) is 1.39. The van der Waals surface area contributed by atoms with Gasteiger partial charge in [0.05, 0.1) is 6.61 Å². The van der Waals surface area contributed by atoms with Crippen LogP contribution < -0.4 is 0 Å². The summed E-state index contributed by atoms with van der Waals surface area (Å²) in [7, 11) is 0. The molecular weight excluding hydrogens is 176 g/mol. The smallest absolute Gasteiger partial charge is 0.306 e. The van der Waals surface area contributed by atoms with Crippen LogP contribution in [0.5, 0.6) is 0 Å². The van der Waals surface area contributed by atoms with Gasteiger partial charge in [-0.25, -0.2) is 0 Å². The number of carbonyl (C=O) groups is 1. The molecule has 0 aromatic heterocycles. The molecule has 2 heteroatoms. The van der Waals surface area contributed by atoms with Gasteiger partial charge in [-0.2, -0.15) is 0 Å². The number of rotatable bonds is 6. The van der Waals surface area contributed by atoms with Crippen LogP contribution in [0.3, 0.4) is 0 Å². The maximum atomic E-state index is 11.2. The van der Waals surface area contributed by atoms with Gasteiger partial charge in [0.2, 0.25) is 0 Å². The van der Waals surface area contributed by atoms with Gasteiger partial charge in [-0.05, 0) is 26.2 Å². The van der Waals surface area contributed by atoms with Crippen molar-refractivity contribution in [3.05, 3.63) is 0 Å². The molecule has 0 aromatic carbocycles. The average Bonchev–Trinajstić information content (AvgIpc) is 2.15. The highest BCUT2D eigenvalue weighted by Gasteiger charge is 2.12. The Hall–Kier alpha value is -0.970. The third kappa shape index (κ3) is 6.54. The molecule has 0 N–H and O–H groups in total. The van der Waals surface area contributed by atoms with E-state index in [2.05, 4.69) is 18.8 Å². The van der Waals surface area contributed by atoms with E-state index in [1.807, 2.05) is 13.8 Å². The molecule has 1 unspecified atom stereocenters. The first-order valence-electron chi connectivity index (χ1n) is 5.29. The fraction of sp³-hybridized carbons (Fsp3) is 0.750. The number of esters is 1. The van der Waals surface area contributed by atoms with Crippen LogP contribution in [0.25, 0.3) is 0 Å². The van der Waals surface area contributed by atoms with Crippen LogP contribution >= 0.6 is 0 Å². The zero-order chi connectivity index (χ0) is 10.8. The molecule has 0 rings (SSSR count). The van der Waals surface area contributed by atoms with Crippen molar-refractivity contribution in [2.75, 3.05) is 6.61 Å². The Morgan fingerprint density at radius 2 is 2.14 bits per heavy atom. The summed E-state index contributed by atoms with van der Waals surface area (Å²) in [5, 5.41) is 0. The van der Waals surface area contributed by atoms with Gasteiger partial charge in [0.25, 0.3) is 0 Å². The lowest BCUT2D eigenvalue weighted by molar-refractivity contribution is -0.144. The minimum atomic E-state index is -0.0937. The van der Waals surface area contributed by atoms with Gasteiger partial charge < -0.3 is 4.74 Å². The van der Waals surface area contributed by atoms with Crippen molar-refractivity contribution >= 4 is 5.97 Å². The van der Waals surface area contributed by atoms with Gasteiger partial charge >= 0.3 is 5.97 Å². The zero-order valence-corrected chi connectivity index (χ0v) is 9.43. The van der Waals surface area contributed by atoms with Crippen molar-refractivity contribution < 1.29 is 9.53 Å². The standard InChI is InChI=1S/C12H20O2/c1-4-7-9-11(8-5-2)10-12(13)14-6-3/h11H,5-6,8-10H2,1-3H3. The van der Waals surface area contributed by atoms with Crippen molar-refractivity contribution in [2.24, 2.45) is 5.92 Å². The van der Waals surface area contributed by atoms with Crippen LogP contribution in [0.1, 0.15) is 46.5 Å². The molecule has 0 fully saturated rings. The maximum absolute atomic E-state index is 11.2. The quantitative estimate of drug-likeness (QED) is 0.482. The molecule has 0 saturated carbocycles. The predicted octanol–water partition coefficient (Wildman–Crippen LogP) is 2.77. The van der Waals surface area contributed by atoms with Crippen LogP contribution in [0.4, 0.5) is 0 Å². The molecule has 0 amide bonds. The fourth-order valence-corrected chi connectivity index (χ4v) is 1.39. The van der Waals surface area contributed by atoms with E-state index >= 15 is 0 Å². The Kier molecular flexibility index (Phi) is 8.02. The largest absolute Gasteiger partial charge is 0.466 e. The lowest BCUT2D eigenvalue weighted by Crippen LogP contribution is -2.11. The Labute approximate surface area is 87.0 Å². The first-order chi connectivity index (χ1) is 6.74. The molecule has 0 aromatic rings. The van der Waals surface area contributed by atoms with E-state index in [1.165, 1.54) is 0 Å². The van der Waals surface area contributed by atoms with Gasteiger partial charge in [0.1, 0.15) is 0 Å². The highest BCUT2D eigenvalue weighted by Crippen LogP contribution is 2.15. The molecular formula is C12H20O2. The zero-order valence-electron chi connectivity index (χ0n) is 9.43. The molecule has 0 saturated heterocycles. The van der Waals surface area contributed by atoms with E-state index in [0.717, 1.165) is 19.3 Å². The van der Waals surface area contributed by atoms with Gasteiger partial charge in [0.15, 0.2) is 0 Å². The van der Waals surface area contributed by atoms with E-state index in [4.69, 9.17) is 4.74 Å². The Balaban J connectivity index is 3.92. The number of carbonyl (C=O) groups excluding carboxylic acids is 1. The Morgan fingerprint density at radius 3 is 2.64 bits per heavy atom. The summed E-state index contributed by atoms with van der Waals surface area (Å²) in [6.45, 7) is 6.25. The molecule has 0 spiro atoms. The van der Waals surface area contributed by atoms with Gasteiger partial charge in [0, 0.05) is 12.8 Å². The van der Waals surface area contributed by atoms with E-state index < -0.39 is 0 Å². The highest BCUT2D eigenvalue weighted by atomic mass is 16.5. The van der Waals surface area contributed by atoms with Crippen molar-refractivity contribution in [3.8, 4) is 11.8 Å². The lowest BCUT2D eigenvalue weighted by Gasteiger charge is -2.11. The Morgan fingerprint density at radius 1 is 1.43 bits per heavy atom. The first kappa shape index (κ1) is 13.0. The van der Waals surface area contributed by atoms with Gasteiger partial charge in [-0.15, -0.1) is 11.8 Å². The summed E-state index contributed by atoms with van der Waals surface area (Å²) in [6, 6.07) is 0. The van der Waals surface area contributed by atoms with E-state index in [0.29, 0.717) is 18.9 Å². The van der Waals surface area contributed by atoms with Crippen LogP contribution in [0.2, 0.25) is 0 Å². The summed E-state index contributed by atoms with van der Waals surface area (Å²) >= 11 is 0. The topological polar surface area (TPSA) is 26.3 Å². The van der Waals surface area contributed by atoms with Crippen molar-refractivity contribution in [2.45, 2.75) is 46.5 Å². The molecule has 2 nitrogen and oxygen atoms in total. The summed E-state index contributed by atoms with van der Waals surface area (Å²) in [5.74, 6) is 6.16. The number of hydrogen-bond acceptors (Lipinski definition) is 2. The van der Waals surface area contributed by atoms with Crippen molar-refractivity contribution in [1.29, 1.82) is 0 Å². The van der Waals surface area contributed by atoms with E-state index in [9.17, 15) is 4.79 Å². The van der Waals surface area contributed by atoms with Crippen LogP contribution in [0.15, 0.2) is 0 Å². The molecule has 0 aliphatic heterocycles. The van der Waals surface area contributed by atoms with E-state index in [1.54, 1.807) is 0 Å². The summed E-state index contributed by atoms with van der Waals surface area (Å²) < 4.78 is 4.91. The average molecular weight is 196 g/mol. The summed E-state index contributed by atoms with van der Waals surface area (Å²) in [5.41, 5.74) is 0.